The number of ether oxygens (including phenoxy) is 1. The highest BCUT2D eigenvalue weighted by Gasteiger charge is 2.43. The lowest BCUT2D eigenvalue weighted by Gasteiger charge is -2.29. The highest BCUT2D eigenvalue weighted by molar-refractivity contribution is 7.89. The molecule has 2 aliphatic rings. The molecule has 23 heavy (non-hydrogen) atoms. The van der Waals surface area contributed by atoms with Crippen LogP contribution in [0, 0.1) is 0 Å². The number of primary sulfonamides is 1. The van der Waals surface area contributed by atoms with Crippen LogP contribution >= 0.6 is 0 Å². The summed E-state index contributed by atoms with van der Waals surface area (Å²) in [6, 6.07) is 9.84. The van der Waals surface area contributed by atoms with Crippen molar-refractivity contribution in [2.75, 3.05) is 6.54 Å². The van der Waals surface area contributed by atoms with E-state index in [1.807, 2.05) is 30.3 Å². The van der Waals surface area contributed by atoms with Crippen molar-refractivity contribution in [3.05, 3.63) is 35.9 Å². The van der Waals surface area contributed by atoms with E-state index < -0.39 is 15.3 Å². The fourth-order valence-electron chi connectivity index (χ4n) is 3.47. The lowest BCUT2D eigenvalue weighted by atomic mass is 10.2. The Kier molecular flexibility index (Phi) is 4.70. The molecule has 3 unspecified atom stereocenters. The second kappa shape index (κ2) is 6.59. The van der Waals surface area contributed by atoms with Gasteiger partial charge in [0.15, 0.2) is 0 Å². The van der Waals surface area contributed by atoms with Crippen molar-refractivity contribution in [2.45, 2.75) is 49.7 Å². The van der Waals surface area contributed by atoms with Crippen LogP contribution in [0.1, 0.15) is 31.2 Å². The average Bonchev–Trinajstić information content (AvgIpc) is 3.11. The van der Waals surface area contributed by atoms with E-state index in [9.17, 15) is 13.2 Å². The van der Waals surface area contributed by atoms with Crippen LogP contribution in [0.25, 0.3) is 0 Å². The number of nitrogens with zero attached hydrogens (tertiary/aromatic N) is 1. The summed E-state index contributed by atoms with van der Waals surface area (Å²) in [5.41, 5.74) is 1.09. The predicted molar refractivity (Wildman–Crippen MR) is 85.9 cm³/mol. The van der Waals surface area contributed by atoms with Gasteiger partial charge in [-0.1, -0.05) is 30.3 Å². The van der Waals surface area contributed by atoms with Crippen molar-refractivity contribution >= 4 is 15.9 Å². The summed E-state index contributed by atoms with van der Waals surface area (Å²) in [7, 11) is -3.67. The molecule has 1 amide bonds. The number of hydrogen-bond donors (Lipinski definition) is 1. The van der Waals surface area contributed by atoms with Crippen LogP contribution in [-0.4, -0.2) is 43.2 Å². The lowest BCUT2D eigenvalue weighted by molar-refractivity contribution is -0.132. The summed E-state index contributed by atoms with van der Waals surface area (Å²) < 4.78 is 29.0. The maximum absolute atomic E-state index is 12.2. The van der Waals surface area contributed by atoms with Gasteiger partial charge in [-0.15, -0.1) is 0 Å². The maximum Gasteiger partial charge on any atom is 0.224 e. The largest absolute Gasteiger partial charge is 0.371 e. The van der Waals surface area contributed by atoms with Gasteiger partial charge in [-0.2, -0.15) is 0 Å². The molecule has 0 radical (unpaired) electrons. The molecule has 1 saturated carbocycles. The van der Waals surface area contributed by atoms with Crippen LogP contribution in [0.5, 0.6) is 0 Å². The molecule has 2 fully saturated rings. The number of benzene rings is 1. The third-order valence-electron chi connectivity index (χ3n) is 4.71. The summed E-state index contributed by atoms with van der Waals surface area (Å²) in [4.78, 5) is 13.9. The molecule has 1 aromatic rings. The van der Waals surface area contributed by atoms with Gasteiger partial charge in [0.2, 0.25) is 15.9 Å². The van der Waals surface area contributed by atoms with E-state index in [2.05, 4.69) is 0 Å². The number of nitrogens with two attached hydrogens (primary N) is 1. The smallest absolute Gasteiger partial charge is 0.224 e. The molecule has 1 aliphatic heterocycles. The number of carbonyl (C=O) groups excluding carboxylic acids is 1. The molecular weight excluding hydrogens is 316 g/mol. The normalized spacial score (nSPS) is 28.5. The molecule has 6 nitrogen and oxygen atoms in total. The van der Waals surface area contributed by atoms with Gasteiger partial charge in [0.1, 0.15) is 5.25 Å². The van der Waals surface area contributed by atoms with E-state index in [1.54, 1.807) is 4.90 Å². The Morgan fingerprint density at radius 1 is 1.22 bits per heavy atom. The standard InChI is InChI=1S/C16H22N2O4S/c17-23(20,21)13-9-16(19)18(10-13)14-7-4-8-15(14)22-11-12-5-2-1-3-6-12/h1-3,5-6,13-15H,4,7-11H2,(H2,17,20,21). The number of rotatable bonds is 5. The van der Waals surface area contributed by atoms with Crippen molar-refractivity contribution in [1.82, 2.24) is 4.90 Å². The van der Waals surface area contributed by atoms with Gasteiger partial charge in [-0.05, 0) is 24.8 Å². The fraction of sp³-hybridized carbons (Fsp3) is 0.562. The first kappa shape index (κ1) is 16.4. The van der Waals surface area contributed by atoms with E-state index in [4.69, 9.17) is 9.88 Å². The SMILES string of the molecule is NS(=O)(=O)C1CC(=O)N(C2CCCC2OCc2ccccc2)C1. The zero-order valence-electron chi connectivity index (χ0n) is 12.9. The first-order valence-electron chi connectivity index (χ1n) is 7.92. The van der Waals surface area contributed by atoms with Crippen LogP contribution in [0.3, 0.4) is 0 Å². The van der Waals surface area contributed by atoms with Crippen molar-refractivity contribution < 1.29 is 17.9 Å². The van der Waals surface area contributed by atoms with Crippen molar-refractivity contribution in [2.24, 2.45) is 5.14 Å². The number of amides is 1. The van der Waals surface area contributed by atoms with Crippen molar-refractivity contribution in [3.63, 3.8) is 0 Å². The Balaban J connectivity index is 1.64. The van der Waals surface area contributed by atoms with Gasteiger partial charge in [0, 0.05) is 13.0 Å². The zero-order chi connectivity index (χ0) is 16.4. The molecule has 0 spiro atoms. The summed E-state index contributed by atoms with van der Waals surface area (Å²) in [5.74, 6) is -0.135. The van der Waals surface area contributed by atoms with E-state index in [0.717, 1.165) is 24.8 Å². The third kappa shape index (κ3) is 3.73. The molecule has 1 aliphatic carbocycles. The molecule has 2 N–H and O–H groups in total. The highest BCUT2D eigenvalue weighted by atomic mass is 32.2. The molecule has 0 aromatic heterocycles. The maximum atomic E-state index is 12.2. The van der Waals surface area contributed by atoms with E-state index >= 15 is 0 Å². The van der Waals surface area contributed by atoms with Crippen LogP contribution in [0.4, 0.5) is 0 Å². The Bertz CT molecular complexity index is 662. The monoisotopic (exact) mass is 338 g/mol. The van der Waals surface area contributed by atoms with E-state index in [0.29, 0.717) is 6.61 Å². The molecule has 3 atom stereocenters. The molecular formula is C16H22N2O4S. The Hall–Kier alpha value is -1.44. The fourth-order valence-corrected chi connectivity index (χ4v) is 4.22. The number of carbonyl (C=O) groups is 1. The summed E-state index contributed by atoms with van der Waals surface area (Å²) in [6.45, 7) is 0.691. The summed E-state index contributed by atoms with van der Waals surface area (Å²) in [6.07, 6.45) is 2.66. The van der Waals surface area contributed by atoms with Crippen LogP contribution < -0.4 is 5.14 Å². The minimum atomic E-state index is -3.67. The average molecular weight is 338 g/mol. The van der Waals surface area contributed by atoms with Crippen LogP contribution in [0.2, 0.25) is 0 Å². The highest BCUT2D eigenvalue weighted by Crippen LogP contribution is 2.31. The van der Waals surface area contributed by atoms with Crippen molar-refractivity contribution in [1.29, 1.82) is 0 Å². The molecule has 126 valence electrons. The quantitative estimate of drug-likeness (QED) is 0.868. The van der Waals surface area contributed by atoms with Gasteiger partial charge < -0.3 is 9.64 Å². The lowest BCUT2D eigenvalue weighted by Crippen LogP contribution is -2.43. The first-order chi connectivity index (χ1) is 10.9. The molecule has 1 heterocycles. The van der Waals surface area contributed by atoms with Crippen molar-refractivity contribution in [3.8, 4) is 0 Å². The van der Waals surface area contributed by atoms with Crippen LogP contribution in [0.15, 0.2) is 30.3 Å². The Morgan fingerprint density at radius 2 is 1.96 bits per heavy atom. The van der Waals surface area contributed by atoms with Gasteiger partial charge in [0.25, 0.3) is 0 Å². The minimum Gasteiger partial charge on any atom is -0.371 e. The number of hydrogen-bond acceptors (Lipinski definition) is 4. The topological polar surface area (TPSA) is 89.7 Å². The summed E-state index contributed by atoms with van der Waals surface area (Å²) in [5, 5.41) is 4.41. The molecule has 7 heteroatoms. The first-order valence-corrected chi connectivity index (χ1v) is 9.52. The van der Waals surface area contributed by atoms with E-state index in [-0.39, 0.29) is 31.0 Å². The minimum absolute atomic E-state index is 0.0132. The van der Waals surface area contributed by atoms with Gasteiger partial charge in [-0.3, -0.25) is 4.79 Å². The number of sulfonamides is 1. The molecule has 1 saturated heterocycles. The second-order valence-corrected chi connectivity index (χ2v) is 8.14. The van der Waals surface area contributed by atoms with Crippen LogP contribution in [-0.2, 0) is 26.2 Å². The van der Waals surface area contributed by atoms with E-state index in [1.165, 1.54) is 0 Å². The molecule has 1 aromatic carbocycles. The van der Waals surface area contributed by atoms with Gasteiger partial charge in [-0.25, -0.2) is 13.6 Å². The second-order valence-electron chi connectivity index (χ2n) is 6.29. The molecule has 3 rings (SSSR count). The van der Waals surface area contributed by atoms with Gasteiger partial charge >= 0.3 is 0 Å². The zero-order valence-corrected chi connectivity index (χ0v) is 13.7. The summed E-state index contributed by atoms with van der Waals surface area (Å²) >= 11 is 0. The predicted octanol–water partition coefficient (Wildman–Crippen LogP) is 1.01. The molecule has 0 bridgehead atoms. The van der Waals surface area contributed by atoms with Gasteiger partial charge in [0.05, 0.1) is 18.8 Å². The Morgan fingerprint density at radius 3 is 2.61 bits per heavy atom. The Labute approximate surface area is 136 Å². The number of likely N-dealkylation sites (tertiary alicyclic amines) is 1. The third-order valence-corrected chi connectivity index (χ3v) is 5.96.